The van der Waals surface area contributed by atoms with Crippen molar-refractivity contribution in [3.8, 4) is 0 Å². The fraction of sp³-hybridized carbons (Fsp3) is 0.350. The molecule has 0 bridgehead atoms. The molecule has 1 aromatic carbocycles. The van der Waals surface area contributed by atoms with Crippen LogP contribution < -0.4 is 10.9 Å². The Hall–Kier alpha value is -3.07. The topological polar surface area (TPSA) is 107 Å². The van der Waals surface area contributed by atoms with E-state index in [1.165, 1.54) is 34.0 Å². The van der Waals surface area contributed by atoms with Gasteiger partial charge in [-0.25, -0.2) is 4.98 Å². The van der Waals surface area contributed by atoms with Crippen LogP contribution in [0.25, 0.3) is 10.2 Å². The molecule has 1 aliphatic carbocycles. The van der Waals surface area contributed by atoms with E-state index in [-0.39, 0.29) is 23.7 Å². The van der Waals surface area contributed by atoms with E-state index in [9.17, 15) is 19.7 Å². The lowest BCUT2D eigenvalue weighted by molar-refractivity contribution is -0.384. The maximum atomic E-state index is 13.0. The van der Waals surface area contributed by atoms with Gasteiger partial charge in [0.25, 0.3) is 11.2 Å². The zero-order chi connectivity index (χ0) is 20.7. The first kappa shape index (κ1) is 19.3. The fourth-order valence-electron chi connectivity index (χ4n) is 3.72. The zero-order valence-corrected chi connectivity index (χ0v) is 16.9. The van der Waals surface area contributed by atoms with Crippen molar-refractivity contribution < 1.29 is 9.72 Å². The van der Waals surface area contributed by atoms with Gasteiger partial charge < -0.3 is 5.32 Å². The Morgan fingerprint density at radius 2 is 2.24 bits per heavy atom. The molecule has 0 unspecified atom stereocenters. The zero-order valence-electron chi connectivity index (χ0n) is 16.1. The van der Waals surface area contributed by atoms with Gasteiger partial charge in [-0.3, -0.25) is 24.3 Å². The molecule has 1 amide bonds. The summed E-state index contributed by atoms with van der Waals surface area (Å²) in [6, 6.07) is 4.22. The molecule has 0 aliphatic heterocycles. The number of carbonyl (C=O) groups is 1. The minimum absolute atomic E-state index is 0.0390. The molecule has 0 radical (unpaired) electrons. The number of thiophene rings is 1. The van der Waals surface area contributed by atoms with Crippen molar-refractivity contribution >= 4 is 38.8 Å². The monoisotopic (exact) mass is 412 g/mol. The Bertz CT molecular complexity index is 1200. The Labute approximate surface area is 170 Å². The van der Waals surface area contributed by atoms with Gasteiger partial charge in [0.1, 0.15) is 11.4 Å². The van der Waals surface area contributed by atoms with Crippen LogP contribution in [0.3, 0.4) is 0 Å². The molecule has 1 aliphatic rings. The van der Waals surface area contributed by atoms with Crippen LogP contribution in [-0.4, -0.2) is 20.4 Å². The van der Waals surface area contributed by atoms with Gasteiger partial charge in [0, 0.05) is 22.7 Å². The standard InChI is InChI=1S/C20H20N4O4S/c1-11-3-5-14-16(7-11)29-19-18(14)20(26)23(10-21-19)9-17(25)22-15-6-4-13(24(27)28)8-12(15)2/h4,6,8,10-11H,3,5,7,9H2,1-2H3,(H,22,25)/t11-/m0/s1. The smallest absolute Gasteiger partial charge is 0.269 e. The fourth-order valence-corrected chi connectivity index (χ4v) is 5.07. The second-order valence-corrected chi connectivity index (χ2v) is 8.60. The van der Waals surface area contributed by atoms with Crippen LogP contribution in [0.15, 0.2) is 29.3 Å². The molecule has 2 aromatic heterocycles. The van der Waals surface area contributed by atoms with Gasteiger partial charge >= 0.3 is 0 Å². The minimum atomic E-state index is -0.485. The number of carbonyl (C=O) groups excluding carboxylic acids is 1. The predicted molar refractivity (Wildman–Crippen MR) is 112 cm³/mol. The lowest BCUT2D eigenvalue weighted by Crippen LogP contribution is -2.28. The van der Waals surface area contributed by atoms with Gasteiger partial charge in [0.15, 0.2) is 0 Å². The second-order valence-electron chi connectivity index (χ2n) is 7.51. The number of nitrogens with one attached hydrogen (secondary N) is 1. The summed E-state index contributed by atoms with van der Waals surface area (Å²) in [6.45, 7) is 3.73. The number of non-ortho nitro benzene ring substituents is 1. The summed E-state index contributed by atoms with van der Waals surface area (Å²) in [5.41, 5.74) is 1.90. The first-order valence-electron chi connectivity index (χ1n) is 9.38. The molecule has 3 aromatic rings. The number of aromatic nitrogens is 2. The number of hydrogen-bond donors (Lipinski definition) is 1. The average molecular weight is 412 g/mol. The van der Waals surface area contributed by atoms with Gasteiger partial charge in [-0.2, -0.15) is 0 Å². The van der Waals surface area contributed by atoms with Gasteiger partial charge in [0.05, 0.1) is 16.6 Å². The van der Waals surface area contributed by atoms with Crippen molar-refractivity contribution in [2.75, 3.05) is 5.32 Å². The number of amides is 1. The quantitative estimate of drug-likeness (QED) is 0.522. The van der Waals surface area contributed by atoms with Crippen molar-refractivity contribution in [3.63, 3.8) is 0 Å². The lowest BCUT2D eigenvalue weighted by Gasteiger charge is -2.17. The van der Waals surface area contributed by atoms with Gasteiger partial charge in [0.2, 0.25) is 5.91 Å². The SMILES string of the molecule is Cc1cc([N+](=O)[O-])ccc1NC(=O)Cn1cnc2sc3c(c2c1=O)CC[C@H](C)C3. The highest BCUT2D eigenvalue weighted by atomic mass is 32.1. The third-order valence-electron chi connectivity index (χ3n) is 5.29. The van der Waals surface area contributed by atoms with Gasteiger partial charge in [-0.05, 0) is 49.3 Å². The van der Waals surface area contributed by atoms with Crippen molar-refractivity contribution in [3.05, 3.63) is 61.0 Å². The van der Waals surface area contributed by atoms with Crippen LogP contribution in [0, 0.1) is 23.0 Å². The van der Waals surface area contributed by atoms with Crippen molar-refractivity contribution in [1.82, 2.24) is 9.55 Å². The maximum absolute atomic E-state index is 13.0. The molecule has 29 heavy (non-hydrogen) atoms. The molecule has 150 valence electrons. The van der Waals surface area contributed by atoms with Gasteiger partial charge in [-0.1, -0.05) is 6.92 Å². The van der Waals surface area contributed by atoms with Crippen molar-refractivity contribution in [2.24, 2.45) is 5.92 Å². The van der Waals surface area contributed by atoms with E-state index >= 15 is 0 Å². The molecule has 0 saturated heterocycles. The molecule has 2 heterocycles. The summed E-state index contributed by atoms with van der Waals surface area (Å²) in [5, 5.41) is 14.2. The summed E-state index contributed by atoms with van der Waals surface area (Å²) >= 11 is 1.57. The molecule has 4 rings (SSSR count). The van der Waals surface area contributed by atoms with E-state index < -0.39 is 4.92 Å². The van der Waals surface area contributed by atoms with E-state index in [4.69, 9.17) is 0 Å². The van der Waals surface area contributed by atoms with Crippen LogP contribution in [0.5, 0.6) is 0 Å². The van der Waals surface area contributed by atoms with Crippen molar-refractivity contribution in [1.29, 1.82) is 0 Å². The maximum Gasteiger partial charge on any atom is 0.269 e. The normalized spacial score (nSPS) is 15.9. The van der Waals surface area contributed by atoms with E-state index in [0.717, 1.165) is 29.7 Å². The summed E-state index contributed by atoms with van der Waals surface area (Å²) < 4.78 is 1.32. The first-order valence-corrected chi connectivity index (χ1v) is 10.2. The number of aryl methyl sites for hydroxylation is 2. The van der Waals surface area contributed by atoms with Crippen LogP contribution in [-0.2, 0) is 24.2 Å². The molecule has 0 fully saturated rings. The van der Waals surface area contributed by atoms with E-state index in [0.29, 0.717) is 22.6 Å². The van der Waals surface area contributed by atoms with E-state index in [2.05, 4.69) is 17.2 Å². The molecule has 8 nitrogen and oxygen atoms in total. The number of nitro benzene ring substituents is 1. The first-order chi connectivity index (χ1) is 13.8. The molecular weight excluding hydrogens is 392 g/mol. The Morgan fingerprint density at radius 3 is 2.97 bits per heavy atom. The molecule has 1 N–H and O–H groups in total. The highest BCUT2D eigenvalue weighted by molar-refractivity contribution is 7.18. The van der Waals surface area contributed by atoms with Crippen LogP contribution in [0.1, 0.15) is 29.3 Å². The number of nitro groups is 1. The number of fused-ring (bicyclic) bond motifs is 3. The molecule has 9 heteroatoms. The molecule has 1 atom stereocenters. The summed E-state index contributed by atoms with van der Waals surface area (Å²) in [5.74, 6) is 0.219. The number of nitrogens with zero attached hydrogens (tertiary/aromatic N) is 3. The average Bonchev–Trinajstić information content (AvgIpc) is 3.03. The largest absolute Gasteiger partial charge is 0.324 e. The van der Waals surface area contributed by atoms with Crippen LogP contribution in [0.2, 0.25) is 0 Å². The Morgan fingerprint density at radius 1 is 1.45 bits per heavy atom. The molecule has 0 saturated carbocycles. The minimum Gasteiger partial charge on any atom is -0.324 e. The summed E-state index contributed by atoms with van der Waals surface area (Å²) in [7, 11) is 0. The Kier molecular flexibility index (Phi) is 4.91. The summed E-state index contributed by atoms with van der Waals surface area (Å²) in [6.07, 6.45) is 4.30. The lowest BCUT2D eigenvalue weighted by atomic mass is 9.89. The highest BCUT2D eigenvalue weighted by Gasteiger charge is 2.23. The number of rotatable bonds is 4. The highest BCUT2D eigenvalue weighted by Crippen LogP contribution is 2.35. The Balaban J connectivity index is 1.58. The van der Waals surface area contributed by atoms with Crippen molar-refractivity contribution in [2.45, 2.75) is 39.7 Å². The predicted octanol–water partition coefficient (Wildman–Crippen LogP) is 3.44. The molecular formula is C20H20N4O4S. The third kappa shape index (κ3) is 3.65. The van der Waals surface area contributed by atoms with Crippen LogP contribution in [0.4, 0.5) is 11.4 Å². The summed E-state index contributed by atoms with van der Waals surface area (Å²) in [4.78, 5) is 42.2. The second kappa shape index (κ2) is 7.40. The van der Waals surface area contributed by atoms with E-state index in [1.54, 1.807) is 18.3 Å². The third-order valence-corrected chi connectivity index (χ3v) is 6.45. The number of anilines is 1. The molecule has 0 spiro atoms. The van der Waals surface area contributed by atoms with Crippen LogP contribution >= 0.6 is 11.3 Å². The number of hydrogen-bond acceptors (Lipinski definition) is 6. The van der Waals surface area contributed by atoms with E-state index in [1.807, 2.05) is 0 Å². The van der Waals surface area contributed by atoms with Gasteiger partial charge in [-0.15, -0.1) is 11.3 Å². The number of benzene rings is 1.